The van der Waals surface area contributed by atoms with Crippen LogP contribution in [0.25, 0.3) is 0 Å². The van der Waals surface area contributed by atoms with Crippen LogP contribution in [0.15, 0.2) is 30.3 Å². The molecule has 0 radical (unpaired) electrons. The maximum absolute atomic E-state index is 12.2. The molecule has 0 saturated carbocycles. The summed E-state index contributed by atoms with van der Waals surface area (Å²) in [5.41, 5.74) is 2.87. The van der Waals surface area contributed by atoms with E-state index >= 15 is 0 Å². The number of cyclic esters (lactones) is 1. The molecule has 0 spiro atoms. The molecule has 1 unspecified atom stereocenters. The first kappa shape index (κ1) is 22.2. The summed E-state index contributed by atoms with van der Waals surface area (Å²) in [5, 5.41) is 3.20. The Kier molecular flexibility index (Phi) is 6.78. The minimum absolute atomic E-state index is 0.186. The number of amides is 2. The van der Waals surface area contributed by atoms with Crippen molar-refractivity contribution in [1.82, 2.24) is 5.32 Å². The molecule has 1 atom stereocenters. The van der Waals surface area contributed by atoms with Crippen LogP contribution in [0.5, 0.6) is 11.5 Å². The lowest BCUT2D eigenvalue weighted by Crippen LogP contribution is -2.33. The quantitative estimate of drug-likeness (QED) is 0.614. The Morgan fingerprint density at radius 3 is 2.53 bits per heavy atom. The molecule has 2 aromatic rings. The number of carbonyl (C=O) groups excluding carboxylic acids is 2. The zero-order valence-corrected chi connectivity index (χ0v) is 18.8. The van der Waals surface area contributed by atoms with Crippen molar-refractivity contribution in [3.8, 4) is 11.5 Å². The van der Waals surface area contributed by atoms with Crippen molar-refractivity contribution in [3.63, 3.8) is 0 Å². The van der Waals surface area contributed by atoms with Crippen molar-refractivity contribution in [2.45, 2.75) is 39.7 Å². The number of halogens is 2. The third kappa shape index (κ3) is 4.99. The number of nitrogens with one attached hydrogen (secondary N) is 1. The lowest BCUT2D eigenvalue weighted by atomic mass is 9.98. The molecule has 2 aromatic carbocycles. The first-order valence-corrected chi connectivity index (χ1v) is 10.4. The predicted molar refractivity (Wildman–Crippen MR) is 118 cm³/mol. The maximum atomic E-state index is 12.2. The second-order valence-corrected chi connectivity index (χ2v) is 8.38. The molecule has 1 aliphatic heterocycles. The monoisotopic (exact) mass is 450 g/mol. The molecule has 1 heterocycles. The number of hydrogen-bond acceptors (Lipinski definition) is 4. The Labute approximate surface area is 186 Å². The Bertz CT molecular complexity index is 955. The van der Waals surface area contributed by atoms with Crippen molar-refractivity contribution in [2.75, 3.05) is 18.0 Å². The number of anilines is 1. The topological polar surface area (TPSA) is 67.9 Å². The molecule has 160 valence electrons. The standard InChI is InChI=1S/C22H24Cl2N2O4/c1-12(2)18-9-16(6-5-13(18)3)29-21-19(23)7-15(8-20(21)24)26-11-17(30-22(26)28)10-25-14(4)27/h5-9,12,17H,10-11H2,1-4H3,(H,25,27). The van der Waals surface area contributed by atoms with Crippen LogP contribution in [0.4, 0.5) is 10.5 Å². The normalized spacial score (nSPS) is 16.0. The zero-order chi connectivity index (χ0) is 22.0. The van der Waals surface area contributed by atoms with Gasteiger partial charge in [-0.2, -0.15) is 0 Å². The van der Waals surface area contributed by atoms with E-state index in [0.29, 0.717) is 23.1 Å². The van der Waals surface area contributed by atoms with Gasteiger partial charge in [0.25, 0.3) is 0 Å². The number of nitrogens with zero attached hydrogens (tertiary/aromatic N) is 1. The van der Waals surface area contributed by atoms with Crippen LogP contribution in [0, 0.1) is 6.92 Å². The third-order valence-corrected chi connectivity index (χ3v) is 5.40. The highest BCUT2D eigenvalue weighted by Crippen LogP contribution is 2.41. The van der Waals surface area contributed by atoms with Gasteiger partial charge in [0.05, 0.1) is 28.8 Å². The van der Waals surface area contributed by atoms with Crippen LogP contribution < -0.4 is 15.0 Å². The highest BCUT2D eigenvalue weighted by atomic mass is 35.5. The van der Waals surface area contributed by atoms with Gasteiger partial charge in [0.1, 0.15) is 11.9 Å². The van der Waals surface area contributed by atoms with E-state index in [1.54, 1.807) is 12.1 Å². The predicted octanol–water partition coefficient (Wildman–Crippen LogP) is 5.68. The fourth-order valence-corrected chi connectivity index (χ4v) is 3.87. The molecule has 8 heteroatoms. The van der Waals surface area contributed by atoms with Gasteiger partial charge in [0.15, 0.2) is 5.75 Å². The number of ether oxygens (including phenoxy) is 2. The Balaban J connectivity index is 1.80. The fraction of sp³-hybridized carbons (Fsp3) is 0.364. The van der Waals surface area contributed by atoms with Crippen LogP contribution >= 0.6 is 23.2 Å². The molecule has 1 saturated heterocycles. The number of benzene rings is 2. The summed E-state index contributed by atoms with van der Waals surface area (Å²) < 4.78 is 11.3. The van der Waals surface area contributed by atoms with Gasteiger partial charge in [-0.25, -0.2) is 4.79 Å². The Morgan fingerprint density at radius 1 is 1.27 bits per heavy atom. The summed E-state index contributed by atoms with van der Waals surface area (Å²) in [6, 6.07) is 9.07. The summed E-state index contributed by atoms with van der Waals surface area (Å²) >= 11 is 12.9. The molecule has 1 N–H and O–H groups in total. The molecule has 1 fully saturated rings. The van der Waals surface area contributed by atoms with E-state index in [1.165, 1.54) is 23.0 Å². The molecule has 30 heavy (non-hydrogen) atoms. The second kappa shape index (κ2) is 9.14. The molecule has 0 aromatic heterocycles. The fourth-order valence-electron chi connectivity index (χ4n) is 3.32. The van der Waals surface area contributed by atoms with Crippen molar-refractivity contribution in [1.29, 1.82) is 0 Å². The third-order valence-electron chi connectivity index (χ3n) is 4.84. The summed E-state index contributed by atoms with van der Waals surface area (Å²) in [6.45, 7) is 8.23. The van der Waals surface area contributed by atoms with E-state index in [-0.39, 0.29) is 29.0 Å². The molecule has 0 aliphatic carbocycles. The van der Waals surface area contributed by atoms with Crippen LogP contribution in [0.1, 0.15) is 37.8 Å². The van der Waals surface area contributed by atoms with Gasteiger partial charge in [-0.05, 0) is 48.2 Å². The molecule has 6 nitrogen and oxygen atoms in total. The average molecular weight is 451 g/mol. The number of hydrogen-bond donors (Lipinski definition) is 1. The molecule has 1 aliphatic rings. The Morgan fingerprint density at radius 2 is 1.93 bits per heavy atom. The van der Waals surface area contributed by atoms with Gasteiger partial charge in [0.2, 0.25) is 5.91 Å². The van der Waals surface area contributed by atoms with Crippen molar-refractivity contribution >= 4 is 40.9 Å². The van der Waals surface area contributed by atoms with E-state index in [2.05, 4.69) is 26.1 Å². The van der Waals surface area contributed by atoms with Gasteiger partial charge < -0.3 is 14.8 Å². The van der Waals surface area contributed by atoms with E-state index in [9.17, 15) is 9.59 Å². The van der Waals surface area contributed by atoms with Gasteiger partial charge in [0, 0.05) is 6.92 Å². The highest BCUT2D eigenvalue weighted by molar-refractivity contribution is 6.37. The summed E-state index contributed by atoms with van der Waals surface area (Å²) in [5.74, 6) is 1.13. The van der Waals surface area contributed by atoms with Gasteiger partial charge in [-0.15, -0.1) is 0 Å². The maximum Gasteiger partial charge on any atom is 0.414 e. The number of carbonyl (C=O) groups is 2. The highest BCUT2D eigenvalue weighted by Gasteiger charge is 2.33. The van der Waals surface area contributed by atoms with Crippen LogP contribution in [-0.4, -0.2) is 31.2 Å². The van der Waals surface area contributed by atoms with E-state index in [0.717, 1.165) is 0 Å². The molecular formula is C22H24Cl2N2O4. The van der Waals surface area contributed by atoms with Crippen molar-refractivity contribution < 1.29 is 19.1 Å². The lowest BCUT2D eigenvalue weighted by Gasteiger charge is -2.17. The molecule has 3 rings (SSSR count). The van der Waals surface area contributed by atoms with Crippen LogP contribution in [0.2, 0.25) is 10.0 Å². The minimum atomic E-state index is -0.522. The van der Waals surface area contributed by atoms with Gasteiger partial charge in [-0.3, -0.25) is 9.69 Å². The number of rotatable bonds is 6. The van der Waals surface area contributed by atoms with Crippen LogP contribution in [-0.2, 0) is 9.53 Å². The smallest absolute Gasteiger partial charge is 0.414 e. The second-order valence-electron chi connectivity index (χ2n) is 7.57. The van der Waals surface area contributed by atoms with Crippen molar-refractivity contribution in [3.05, 3.63) is 51.5 Å². The van der Waals surface area contributed by atoms with E-state index in [1.807, 2.05) is 18.2 Å². The van der Waals surface area contributed by atoms with Gasteiger partial charge in [-0.1, -0.05) is 43.1 Å². The molecular weight excluding hydrogens is 427 g/mol. The zero-order valence-electron chi connectivity index (χ0n) is 17.3. The first-order valence-electron chi connectivity index (χ1n) is 9.65. The minimum Gasteiger partial charge on any atom is -0.454 e. The van der Waals surface area contributed by atoms with E-state index in [4.69, 9.17) is 32.7 Å². The molecule has 0 bridgehead atoms. The van der Waals surface area contributed by atoms with E-state index < -0.39 is 12.2 Å². The first-order chi connectivity index (χ1) is 14.2. The number of aryl methyl sites for hydroxylation is 1. The molecule has 2 amide bonds. The largest absolute Gasteiger partial charge is 0.454 e. The SMILES string of the molecule is CC(=O)NCC1CN(c2cc(Cl)c(Oc3ccc(C)c(C(C)C)c3)c(Cl)c2)C(=O)O1. The van der Waals surface area contributed by atoms with Gasteiger partial charge >= 0.3 is 6.09 Å². The summed E-state index contributed by atoms with van der Waals surface area (Å²) in [7, 11) is 0. The lowest BCUT2D eigenvalue weighted by molar-refractivity contribution is -0.119. The summed E-state index contributed by atoms with van der Waals surface area (Å²) in [6.07, 6.45) is -0.969. The average Bonchev–Trinajstić information content (AvgIpc) is 3.04. The summed E-state index contributed by atoms with van der Waals surface area (Å²) in [4.78, 5) is 24.7. The Hall–Kier alpha value is -2.44. The van der Waals surface area contributed by atoms with Crippen LogP contribution in [0.3, 0.4) is 0 Å². The van der Waals surface area contributed by atoms with Crippen molar-refractivity contribution in [2.24, 2.45) is 0 Å².